The molecule has 20 heavy (non-hydrogen) atoms. The topological polar surface area (TPSA) is 52.7 Å². The fraction of sp³-hybridized carbons (Fsp3) is 0.667. The molecule has 1 rings (SSSR count). The normalized spacial score (nSPS) is 12.5. The van der Waals surface area contributed by atoms with Gasteiger partial charge in [0, 0.05) is 27.2 Å². The summed E-state index contributed by atoms with van der Waals surface area (Å²) >= 11 is 4.94. The molecule has 0 fully saturated rings. The first-order valence-corrected chi connectivity index (χ1v) is 9.56. The molecule has 0 saturated carbocycles. The first-order valence-electron chi connectivity index (χ1n) is 6.49. The van der Waals surface area contributed by atoms with Gasteiger partial charge in [-0.3, -0.25) is 0 Å². The number of rotatable bonds is 9. The standard InChI is InChI=1S/C12H22BrN3O2S2/c1-4-14-6-5-7-15(2)20(17,18)16(3)9-11-8-12(13)19-10-11/h8,10,14H,4-7,9H2,1-3H3. The lowest BCUT2D eigenvalue weighted by Gasteiger charge is -2.24. The summed E-state index contributed by atoms with van der Waals surface area (Å²) in [7, 11) is -0.148. The minimum atomic E-state index is -3.39. The Morgan fingerprint density at radius 2 is 2.05 bits per heavy atom. The van der Waals surface area contributed by atoms with Gasteiger partial charge in [-0.2, -0.15) is 17.0 Å². The fourth-order valence-corrected chi connectivity index (χ4v) is 4.07. The van der Waals surface area contributed by atoms with Crippen LogP contribution in [0.3, 0.4) is 0 Å². The van der Waals surface area contributed by atoms with Gasteiger partial charge >= 0.3 is 0 Å². The van der Waals surface area contributed by atoms with Gasteiger partial charge in [-0.25, -0.2) is 0 Å². The van der Waals surface area contributed by atoms with Crippen LogP contribution in [0.15, 0.2) is 15.2 Å². The van der Waals surface area contributed by atoms with Gasteiger partial charge < -0.3 is 5.32 Å². The summed E-state index contributed by atoms with van der Waals surface area (Å²) in [5.74, 6) is 0. The Balaban J connectivity index is 2.53. The minimum Gasteiger partial charge on any atom is -0.317 e. The Morgan fingerprint density at radius 1 is 1.35 bits per heavy atom. The van der Waals surface area contributed by atoms with Crippen LogP contribution in [0.25, 0.3) is 0 Å². The Bertz CT molecular complexity index is 505. The smallest absolute Gasteiger partial charge is 0.281 e. The van der Waals surface area contributed by atoms with Crippen molar-refractivity contribution in [3.8, 4) is 0 Å². The summed E-state index contributed by atoms with van der Waals surface area (Å²) in [5.41, 5.74) is 0.994. The summed E-state index contributed by atoms with van der Waals surface area (Å²) in [6.45, 7) is 4.68. The highest BCUT2D eigenvalue weighted by Crippen LogP contribution is 2.22. The predicted octanol–water partition coefficient (Wildman–Crippen LogP) is 2.12. The molecule has 1 N–H and O–H groups in total. The molecule has 0 spiro atoms. The predicted molar refractivity (Wildman–Crippen MR) is 88.2 cm³/mol. The number of nitrogens with one attached hydrogen (secondary N) is 1. The number of hydrogen-bond acceptors (Lipinski definition) is 4. The minimum absolute atomic E-state index is 0.391. The number of nitrogens with zero attached hydrogens (tertiary/aromatic N) is 2. The van der Waals surface area contributed by atoms with Crippen molar-refractivity contribution in [1.29, 1.82) is 0 Å². The van der Waals surface area contributed by atoms with E-state index < -0.39 is 10.2 Å². The Labute approximate surface area is 134 Å². The molecule has 1 aromatic rings. The molecule has 0 bridgehead atoms. The highest BCUT2D eigenvalue weighted by molar-refractivity contribution is 9.11. The van der Waals surface area contributed by atoms with E-state index in [1.807, 2.05) is 18.4 Å². The van der Waals surface area contributed by atoms with Crippen molar-refractivity contribution in [2.75, 3.05) is 33.7 Å². The zero-order chi connectivity index (χ0) is 15.2. The van der Waals surface area contributed by atoms with Gasteiger partial charge in [-0.1, -0.05) is 6.92 Å². The lowest BCUT2D eigenvalue weighted by Crippen LogP contribution is -2.40. The van der Waals surface area contributed by atoms with Crippen LogP contribution in [-0.2, 0) is 16.8 Å². The Hall–Kier alpha value is 0.01000. The third-order valence-corrected chi connectivity index (χ3v) is 6.33. The van der Waals surface area contributed by atoms with Crippen molar-refractivity contribution in [1.82, 2.24) is 13.9 Å². The van der Waals surface area contributed by atoms with Gasteiger partial charge in [-0.15, -0.1) is 11.3 Å². The second kappa shape index (κ2) is 8.45. The first kappa shape index (κ1) is 18.1. The maximum absolute atomic E-state index is 12.3. The lowest BCUT2D eigenvalue weighted by molar-refractivity contribution is 0.384. The van der Waals surface area contributed by atoms with Crippen LogP contribution in [-0.4, -0.2) is 50.8 Å². The number of thiophene rings is 1. The lowest BCUT2D eigenvalue weighted by atomic mass is 10.3. The highest BCUT2D eigenvalue weighted by Gasteiger charge is 2.23. The van der Waals surface area contributed by atoms with Crippen molar-refractivity contribution < 1.29 is 8.42 Å². The number of hydrogen-bond donors (Lipinski definition) is 1. The summed E-state index contributed by atoms with van der Waals surface area (Å²) < 4.78 is 28.5. The monoisotopic (exact) mass is 383 g/mol. The van der Waals surface area contributed by atoms with Crippen LogP contribution in [0.2, 0.25) is 0 Å². The van der Waals surface area contributed by atoms with E-state index in [1.54, 1.807) is 25.4 Å². The molecular weight excluding hydrogens is 362 g/mol. The third kappa shape index (κ3) is 5.42. The molecule has 0 aliphatic rings. The molecule has 1 aromatic heterocycles. The molecule has 0 aromatic carbocycles. The van der Waals surface area contributed by atoms with Gasteiger partial charge in [0.15, 0.2) is 0 Å². The van der Waals surface area contributed by atoms with E-state index in [9.17, 15) is 8.42 Å². The van der Waals surface area contributed by atoms with Crippen molar-refractivity contribution in [2.24, 2.45) is 0 Å². The molecule has 0 saturated heterocycles. The van der Waals surface area contributed by atoms with Crippen LogP contribution in [0, 0.1) is 0 Å². The van der Waals surface area contributed by atoms with E-state index >= 15 is 0 Å². The maximum Gasteiger partial charge on any atom is 0.281 e. The molecule has 0 aliphatic heterocycles. The largest absolute Gasteiger partial charge is 0.317 e. The summed E-state index contributed by atoms with van der Waals surface area (Å²) in [6, 6.07) is 1.95. The summed E-state index contributed by atoms with van der Waals surface area (Å²) in [6.07, 6.45) is 0.807. The highest BCUT2D eigenvalue weighted by atomic mass is 79.9. The summed E-state index contributed by atoms with van der Waals surface area (Å²) in [4.78, 5) is 0. The van der Waals surface area contributed by atoms with Crippen LogP contribution < -0.4 is 5.32 Å². The van der Waals surface area contributed by atoms with Crippen LogP contribution in [0.1, 0.15) is 18.9 Å². The first-order chi connectivity index (χ1) is 9.37. The van der Waals surface area contributed by atoms with Crippen molar-refractivity contribution >= 4 is 37.5 Å². The van der Waals surface area contributed by atoms with Crippen molar-refractivity contribution in [3.05, 3.63) is 20.8 Å². The third-order valence-electron chi connectivity index (χ3n) is 2.89. The fourth-order valence-electron chi connectivity index (χ4n) is 1.72. The molecule has 5 nitrogen and oxygen atoms in total. The average molecular weight is 384 g/mol. The van der Waals surface area contributed by atoms with E-state index in [-0.39, 0.29) is 0 Å². The second-order valence-electron chi connectivity index (χ2n) is 4.55. The van der Waals surface area contributed by atoms with E-state index in [4.69, 9.17) is 0 Å². The van der Waals surface area contributed by atoms with Gasteiger partial charge in [-0.05, 0) is 52.5 Å². The van der Waals surface area contributed by atoms with Gasteiger partial charge in [0.05, 0.1) is 3.79 Å². The Kier molecular flexibility index (Phi) is 7.63. The average Bonchev–Trinajstić information content (AvgIpc) is 2.79. The zero-order valence-corrected chi connectivity index (χ0v) is 15.3. The summed E-state index contributed by atoms with van der Waals surface area (Å²) in [5, 5.41) is 5.15. The SMILES string of the molecule is CCNCCCN(C)S(=O)(=O)N(C)Cc1csc(Br)c1. The van der Waals surface area contributed by atoms with Crippen LogP contribution in [0.4, 0.5) is 0 Å². The second-order valence-corrected chi connectivity index (χ2v) is 8.98. The molecule has 1 heterocycles. The molecule has 8 heteroatoms. The molecule has 0 aliphatic carbocycles. The molecule has 0 unspecified atom stereocenters. The van der Waals surface area contributed by atoms with Crippen molar-refractivity contribution in [3.63, 3.8) is 0 Å². The molecule has 0 radical (unpaired) electrons. The Morgan fingerprint density at radius 3 is 2.60 bits per heavy atom. The van der Waals surface area contributed by atoms with E-state index in [2.05, 4.69) is 21.2 Å². The van der Waals surface area contributed by atoms with Crippen molar-refractivity contribution in [2.45, 2.75) is 19.9 Å². The van der Waals surface area contributed by atoms with E-state index in [0.29, 0.717) is 13.1 Å². The maximum atomic E-state index is 12.3. The van der Waals surface area contributed by atoms with Crippen LogP contribution >= 0.6 is 27.3 Å². The van der Waals surface area contributed by atoms with Gasteiger partial charge in [0.2, 0.25) is 0 Å². The van der Waals surface area contributed by atoms with Crippen LogP contribution in [0.5, 0.6) is 0 Å². The van der Waals surface area contributed by atoms with Gasteiger partial charge in [0.1, 0.15) is 0 Å². The molecular formula is C12H22BrN3O2S2. The molecule has 116 valence electrons. The molecule has 0 atom stereocenters. The number of halogens is 1. The zero-order valence-electron chi connectivity index (χ0n) is 12.1. The molecule has 0 amide bonds. The van der Waals surface area contributed by atoms with E-state index in [1.165, 1.54) is 8.61 Å². The van der Waals surface area contributed by atoms with E-state index in [0.717, 1.165) is 28.9 Å². The quantitative estimate of drug-likeness (QED) is 0.664. The van der Waals surface area contributed by atoms with Gasteiger partial charge in [0.25, 0.3) is 10.2 Å².